The van der Waals surface area contributed by atoms with Crippen LogP contribution in [-0.2, 0) is 14.8 Å². The van der Waals surface area contributed by atoms with Gasteiger partial charge < -0.3 is 10.1 Å². The zero-order chi connectivity index (χ0) is 17.9. The number of benzene rings is 1. The number of piperidine rings is 1. The third-order valence-electron chi connectivity index (χ3n) is 3.71. The number of alkyl halides is 2. The van der Waals surface area contributed by atoms with Crippen LogP contribution in [0.2, 0.25) is 0 Å². The summed E-state index contributed by atoms with van der Waals surface area (Å²) in [6, 6.07) is 2.91. The maximum Gasteiger partial charge on any atom is 0.387 e. The monoisotopic (exact) mass is 366 g/mol. The third kappa shape index (κ3) is 4.84. The maximum atomic E-state index is 13.1. The van der Waals surface area contributed by atoms with Gasteiger partial charge in [-0.25, -0.2) is 17.1 Å². The maximum absolute atomic E-state index is 13.1. The van der Waals surface area contributed by atoms with Crippen molar-refractivity contribution in [3.8, 4) is 5.75 Å². The van der Waals surface area contributed by atoms with Crippen molar-refractivity contribution in [2.45, 2.75) is 19.5 Å². The van der Waals surface area contributed by atoms with Gasteiger partial charge in [0.2, 0.25) is 15.9 Å². The van der Waals surface area contributed by atoms with Crippen molar-refractivity contribution in [2.24, 2.45) is 5.92 Å². The molecule has 1 fully saturated rings. The Morgan fingerprint density at radius 2 is 1.96 bits per heavy atom. The molecule has 1 aromatic rings. The molecule has 0 radical (unpaired) electrons. The third-order valence-corrected chi connectivity index (χ3v) is 5.01. The van der Waals surface area contributed by atoms with Gasteiger partial charge in [0.05, 0.1) is 11.9 Å². The first-order chi connectivity index (χ1) is 11.2. The lowest BCUT2D eigenvalue weighted by Crippen LogP contribution is -2.40. The van der Waals surface area contributed by atoms with Crippen LogP contribution in [0.5, 0.6) is 5.75 Å². The smallest absolute Gasteiger partial charge is 0.387 e. The number of halogens is 3. The first kappa shape index (κ1) is 18.5. The molecule has 1 aliphatic rings. The van der Waals surface area contributed by atoms with Crippen LogP contribution in [0.3, 0.4) is 0 Å². The van der Waals surface area contributed by atoms with Gasteiger partial charge in [-0.15, -0.1) is 0 Å². The molecule has 1 heterocycles. The van der Waals surface area contributed by atoms with Gasteiger partial charge in [0.15, 0.2) is 5.75 Å². The summed E-state index contributed by atoms with van der Waals surface area (Å²) in [6.45, 7) is -2.73. The second kappa shape index (κ2) is 7.39. The summed E-state index contributed by atoms with van der Waals surface area (Å²) in [7, 11) is -3.30. The quantitative estimate of drug-likeness (QED) is 0.865. The number of anilines is 1. The van der Waals surface area contributed by atoms with Gasteiger partial charge >= 0.3 is 6.61 Å². The lowest BCUT2D eigenvalue weighted by Gasteiger charge is -2.29. The van der Waals surface area contributed by atoms with Gasteiger partial charge in [0, 0.05) is 25.1 Å². The van der Waals surface area contributed by atoms with E-state index >= 15 is 0 Å². The zero-order valence-electron chi connectivity index (χ0n) is 12.8. The van der Waals surface area contributed by atoms with Crippen LogP contribution in [0.25, 0.3) is 0 Å². The summed E-state index contributed by atoms with van der Waals surface area (Å²) >= 11 is 0. The van der Waals surface area contributed by atoms with Gasteiger partial charge in [0.25, 0.3) is 0 Å². The summed E-state index contributed by atoms with van der Waals surface area (Å²) in [5.74, 6) is -2.15. The fourth-order valence-electron chi connectivity index (χ4n) is 2.48. The van der Waals surface area contributed by atoms with Crippen molar-refractivity contribution in [3.63, 3.8) is 0 Å². The van der Waals surface area contributed by atoms with Gasteiger partial charge in [-0.2, -0.15) is 8.78 Å². The van der Waals surface area contributed by atoms with Crippen LogP contribution in [0.15, 0.2) is 18.2 Å². The summed E-state index contributed by atoms with van der Waals surface area (Å²) < 4.78 is 66.2. The van der Waals surface area contributed by atoms with Crippen LogP contribution < -0.4 is 10.1 Å². The topological polar surface area (TPSA) is 75.7 Å². The number of ether oxygens (including phenoxy) is 1. The molecule has 1 N–H and O–H groups in total. The fraction of sp³-hybridized carbons (Fsp3) is 0.500. The lowest BCUT2D eigenvalue weighted by atomic mass is 9.97. The van der Waals surface area contributed by atoms with E-state index in [1.165, 1.54) is 4.31 Å². The van der Waals surface area contributed by atoms with E-state index in [0.29, 0.717) is 12.8 Å². The van der Waals surface area contributed by atoms with E-state index in [1.54, 1.807) is 0 Å². The molecule has 10 heteroatoms. The van der Waals surface area contributed by atoms with Gasteiger partial charge in [0.1, 0.15) is 5.82 Å². The number of nitrogens with zero attached hydrogens (tertiary/aromatic N) is 1. The van der Waals surface area contributed by atoms with Crippen molar-refractivity contribution in [1.82, 2.24) is 4.31 Å². The van der Waals surface area contributed by atoms with Gasteiger partial charge in [-0.1, -0.05) is 0 Å². The van der Waals surface area contributed by atoms with E-state index in [1.807, 2.05) is 0 Å². The van der Waals surface area contributed by atoms with E-state index in [9.17, 15) is 26.4 Å². The lowest BCUT2D eigenvalue weighted by molar-refractivity contribution is -0.121. The molecular weight excluding hydrogens is 349 g/mol. The molecule has 0 aliphatic carbocycles. The van der Waals surface area contributed by atoms with E-state index in [2.05, 4.69) is 10.1 Å². The molecule has 6 nitrogen and oxygen atoms in total. The molecule has 0 saturated carbocycles. The SMILES string of the molecule is CS(=O)(=O)N1CCC(C(=O)Nc2ccc(F)cc2OC(F)F)CC1. The molecule has 2 rings (SSSR count). The Morgan fingerprint density at radius 3 is 2.50 bits per heavy atom. The minimum atomic E-state index is -3.30. The Bertz CT molecular complexity index is 704. The molecule has 1 aliphatic heterocycles. The largest absolute Gasteiger partial charge is 0.432 e. The predicted molar refractivity (Wildman–Crippen MR) is 80.8 cm³/mol. The van der Waals surface area contributed by atoms with Crippen LogP contribution >= 0.6 is 0 Å². The highest BCUT2D eigenvalue weighted by Crippen LogP contribution is 2.29. The molecular formula is C14H17F3N2O4S. The minimum Gasteiger partial charge on any atom is -0.432 e. The number of rotatable bonds is 5. The number of hydrogen-bond acceptors (Lipinski definition) is 4. The standard InChI is InChI=1S/C14H17F3N2O4S/c1-24(21,22)19-6-4-9(5-7-19)13(20)18-11-3-2-10(15)8-12(11)23-14(16)17/h2-3,8-9,14H,4-7H2,1H3,(H,18,20). The highest BCUT2D eigenvalue weighted by atomic mass is 32.2. The molecule has 0 bridgehead atoms. The van der Waals surface area contributed by atoms with Crippen LogP contribution in [0.1, 0.15) is 12.8 Å². The first-order valence-corrected chi connectivity index (χ1v) is 9.02. The molecule has 1 saturated heterocycles. The number of sulfonamides is 1. The number of amides is 1. The van der Waals surface area contributed by atoms with Crippen molar-refractivity contribution in [1.29, 1.82) is 0 Å². The van der Waals surface area contributed by atoms with Gasteiger partial charge in [-0.05, 0) is 25.0 Å². The van der Waals surface area contributed by atoms with Crippen LogP contribution in [0, 0.1) is 11.7 Å². The number of hydrogen-bond donors (Lipinski definition) is 1. The Labute approximate surface area is 137 Å². The summed E-state index contributed by atoms with van der Waals surface area (Å²) in [6.07, 6.45) is 1.72. The van der Waals surface area contributed by atoms with E-state index in [-0.39, 0.29) is 18.8 Å². The fourth-order valence-corrected chi connectivity index (χ4v) is 3.35. The molecule has 24 heavy (non-hydrogen) atoms. The molecule has 134 valence electrons. The predicted octanol–water partition coefficient (Wildman–Crippen LogP) is 2.04. The Balaban J connectivity index is 2.03. The number of carbonyl (C=O) groups excluding carboxylic acids is 1. The average Bonchev–Trinajstić information content (AvgIpc) is 2.48. The molecule has 0 aromatic heterocycles. The number of carbonyl (C=O) groups is 1. The normalized spacial score (nSPS) is 17.0. The Morgan fingerprint density at radius 1 is 1.33 bits per heavy atom. The Hall–Kier alpha value is -1.81. The van der Waals surface area contributed by atoms with Crippen molar-refractivity contribution >= 4 is 21.6 Å². The summed E-state index contributed by atoms with van der Waals surface area (Å²) in [5.41, 5.74) is -0.0627. The first-order valence-electron chi connectivity index (χ1n) is 7.17. The summed E-state index contributed by atoms with van der Waals surface area (Å²) in [4.78, 5) is 12.2. The van der Waals surface area contributed by atoms with E-state index in [0.717, 1.165) is 24.5 Å². The molecule has 0 unspecified atom stereocenters. The second-order valence-corrected chi connectivity index (χ2v) is 7.43. The van der Waals surface area contributed by atoms with Crippen molar-refractivity contribution < 1.29 is 31.1 Å². The Kier molecular flexibility index (Phi) is 5.70. The van der Waals surface area contributed by atoms with Gasteiger partial charge in [-0.3, -0.25) is 4.79 Å². The van der Waals surface area contributed by atoms with E-state index in [4.69, 9.17) is 0 Å². The molecule has 1 aromatic carbocycles. The summed E-state index contributed by atoms with van der Waals surface area (Å²) in [5, 5.41) is 2.43. The molecule has 0 atom stereocenters. The second-order valence-electron chi connectivity index (χ2n) is 5.44. The van der Waals surface area contributed by atoms with Crippen molar-refractivity contribution in [2.75, 3.05) is 24.7 Å². The average molecular weight is 366 g/mol. The number of nitrogens with one attached hydrogen (secondary N) is 1. The molecule has 0 spiro atoms. The highest BCUT2D eigenvalue weighted by molar-refractivity contribution is 7.88. The van der Waals surface area contributed by atoms with Crippen LogP contribution in [0.4, 0.5) is 18.9 Å². The highest BCUT2D eigenvalue weighted by Gasteiger charge is 2.29. The van der Waals surface area contributed by atoms with E-state index < -0.39 is 40.0 Å². The zero-order valence-corrected chi connectivity index (χ0v) is 13.7. The minimum absolute atomic E-state index is 0.0627. The molecule has 1 amide bonds. The van der Waals surface area contributed by atoms with Crippen molar-refractivity contribution in [3.05, 3.63) is 24.0 Å². The van der Waals surface area contributed by atoms with Crippen LogP contribution in [-0.4, -0.2) is 44.6 Å².